The van der Waals surface area contributed by atoms with Gasteiger partial charge in [-0.05, 0) is 37.5 Å². The topological polar surface area (TPSA) is 110 Å². The van der Waals surface area contributed by atoms with E-state index in [9.17, 15) is 13.2 Å². The van der Waals surface area contributed by atoms with Crippen molar-refractivity contribution in [3.05, 3.63) is 65.2 Å². The van der Waals surface area contributed by atoms with Gasteiger partial charge in [0.15, 0.2) is 0 Å². The van der Waals surface area contributed by atoms with E-state index in [1.54, 1.807) is 12.1 Å². The number of nitrogens with zero attached hydrogens (tertiary/aromatic N) is 2. The molecule has 1 amide bonds. The monoisotopic (exact) mass is 486 g/mol. The molecule has 0 aliphatic carbocycles. The first-order chi connectivity index (χ1) is 15.8. The maximum atomic E-state index is 13.2. The summed E-state index contributed by atoms with van der Waals surface area (Å²) in [6.07, 6.45) is 2.01. The second-order valence-electron chi connectivity index (χ2n) is 8.05. The molecule has 1 atom stereocenters. The predicted octanol–water partition coefficient (Wildman–Crippen LogP) is 4.46. The van der Waals surface area contributed by atoms with Crippen molar-refractivity contribution in [3.63, 3.8) is 0 Å². The third kappa shape index (κ3) is 4.78. The third-order valence-electron chi connectivity index (χ3n) is 6.03. The molecule has 3 aromatic rings. The van der Waals surface area contributed by atoms with Gasteiger partial charge in [0.25, 0.3) is 15.9 Å². The SMILES string of the molecule is CCC1(CC)C[C@@H](NS(=O)(=O)c2nnc(NC(=O)c3ccccc3C)s2)c2ccccc2O1. The van der Waals surface area contributed by atoms with Crippen molar-refractivity contribution < 1.29 is 17.9 Å². The van der Waals surface area contributed by atoms with Crippen molar-refractivity contribution in [1.29, 1.82) is 0 Å². The number of nitrogens with one attached hydrogen (secondary N) is 2. The van der Waals surface area contributed by atoms with E-state index >= 15 is 0 Å². The van der Waals surface area contributed by atoms with Gasteiger partial charge in [0.2, 0.25) is 9.47 Å². The average Bonchev–Trinajstić information content (AvgIpc) is 3.28. The number of para-hydroxylation sites is 1. The van der Waals surface area contributed by atoms with E-state index in [2.05, 4.69) is 20.2 Å². The van der Waals surface area contributed by atoms with Crippen molar-refractivity contribution in [2.45, 2.75) is 56.0 Å². The Labute approximate surface area is 197 Å². The number of rotatable bonds is 7. The van der Waals surface area contributed by atoms with E-state index in [0.717, 1.165) is 35.3 Å². The minimum Gasteiger partial charge on any atom is -0.487 e. The van der Waals surface area contributed by atoms with E-state index in [0.29, 0.717) is 17.7 Å². The number of hydrogen-bond donors (Lipinski definition) is 2. The van der Waals surface area contributed by atoms with Crippen LogP contribution in [-0.4, -0.2) is 30.1 Å². The number of amides is 1. The van der Waals surface area contributed by atoms with Crippen LogP contribution in [0.3, 0.4) is 0 Å². The zero-order valence-corrected chi connectivity index (χ0v) is 20.3. The second-order valence-corrected chi connectivity index (χ2v) is 10.9. The third-order valence-corrected chi connectivity index (χ3v) is 8.71. The lowest BCUT2D eigenvalue weighted by Crippen LogP contribution is -2.44. The van der Waals surface area contributed by atoms with Gasteiger partial charge in [-0.15, -0.1) is 10.2 Å². The Balaban J connectivity index is 1.55. The Morgan fingerprint density at radius 2 is 1.82 bits per heavy atom. The number of carbonyl (C=O) groups excluding carboxylic acids is 1. The normalized spacial score (nSPS) is 17.1. The molecule has 8 nitrogen and oxygen atoms in total. The van der Waals surface area contributed by atoms with Crippen molar-refractivity contribution in [2.24, 2.45) is 0 Å². The molecule has 2 aromatic carbocycles. The molecule has 10 heteroatoms. The molecule has 2 N–H and O–H groups in total. The largest absolute Gasteiger partial charge is 0.487 e. The molecule has 174 valence electrons. The van der Waals surface area contributed by atoms with Gasteiger partial charge in [0, 0.05) is 17.5 Å². The molecule has 0 spiro atoms. The van der Waals surface area contributed by atoms with Gasteiger partial charge in [-0.2, -0.15) is 0 Å². The molecule has 2 heterocycles. The van der Waals surface area contributed by atoms with E-state index in [1.807, 2.05) is 57.2 Å². The summed E-state index contributed by atoms with van der Waals surface area (Å²) in [6, 6.07) is 14.1. The molecular weight excluding hydrogens is 460 g/mol. The highest BCUT2D eigenvalue weighted by atomic mass is 32.2. The highest BCUT2D eigenvalue weighted by Gasteiger charge is 2.40. The van der Waals surface area contributed by atoms with Crippen LogP contribution in [-0.2, 0) is 10.0 Å². The number of anilines is 1. The number of ether oxygens (including phenoxy) is 1. The fourth-order valence-corrected chi connectivity index (χ4v) is 6.13. The van der Waals surface area contributed by atoms with Gasteiger partial charge in [0.05, 0.1) is 6.04 Å². The fourth-order valence-electron chi connectivity index (χ4n) is 4.01. The summed E-state index contributed by atoms with van der Waals surface area (Å²) in [5, 5.41) is 10.4. The zero-order chi connectivity index (χ0) is 23.6. The highest BCUT2D eigenvalue weighted by molar-refractivity contribution is 7.91. The molecule has 0 fully saturated rings. The Hall–Kier alpha value is -2.82. The second kappa shape index (κ2) is 9.20. The molecule has 1 aromatic heterocycles. The van der Waals surface area contributed by atoms with Crippen LogP contribution in [0.1, 0.15) is 60.6 Å². The van der Waals surface area contributed by atoms with Crippen molar-refractivity contribution in [3.8, 4) is 5.75 Å². The van der Waals surface area contributed by atoms with Crippen LogP contribution in [0.25, 0.3) is 0 Å². The minimum absolute atomic E-state index is 0.118. The van der Waals surface area contributed by atoms with Crippen LogP contribution >= 0.6 is 11.3 Å². The molecule has 0 bridgehead atoms. The van der Waals surface area contributed by atoms with E-state index in [4.69, 9.17) is 4.74 Å². The lowest BCUT2D eigenvalue weighted by molar-refractivity contribution is 0.0260. The number of aryl methyl sites for hydroxylation is 1. The van der Waals surface area contributed by atoms with E-state index < -0.39 is 21.7 Å². The van der Waals surface area contributed by atoms with Crippen LogP contribution in [0.15, 0.2) is 52.9 Å². The van der Waals surface area contributed by atoms with Crippen LogP contribution < -0.4 is 14.8 Å². The molecule has 0 saturated heterocycles. The fraction of sp³-hybridized carbons (Fsp3) is 0.348. The Bertz CT molecular complexity index is 1270. The summed E-state index contributed by atoms with van der Waals surface area (Å²) in [5.41, 5.74) is 1.64. The van der Waals surface area contributed by atoms with Gasteiger partial charge in [-0.25, -0.2) is 13.1 Å². The highest BCUT2D eigenvalue weighted by Crippen LogP contribution is 2.43. The van der Waals surface area contributed by atoms with Crippen LogP contribution in [0.4, 0.5) is 5.13 Å². The summed E-state index contributed by atoms with van der Waals surface area (Å²) in [7, 11) is -3.97. The van der Waals surface area contributed by atoms with Crippen molar-refractivity contribution in [2.75, 3.05) is 5.32 Å². The first-order valence-electron chi connectivity index (χ1n) is 10.8. The summed E-state index contributed by atoms with van der Waals surface area (Å²) >= 11 is 0.814. The van der Waals surface area contributed by atoms with Crippen molar-refractivity contribution >= 4 is 32.4 Å². The van der Waals surface area contributed by atoms with Gasteiger partial charge < -0.3 is 4.74 Å². The molecule has 1 aliphatic rings. The number of aromatic nitrogens is 2. The van der Waals surface area contributed by atoms with Crippen LogP contribution in [0.2, 0.25) is 0 Å². The van der Waals surface area contributed by atoms with Gasteiger partial charge in [-0.1, -0.05) is 61.6 Å². The molecular formula is C23H26N4O4S2. The first-order valence-corrected chi connectivity index (χ1v) is 13.1. The number of sulfonamides is 1. The van der Waals surface area contributed by atoms with Crippen LogP contribution in [0, 0.1) is 6.92 Å². The Morgan fingerprint density at radius 3 is 2.55 bits per heavy atom. The number of benzene rings is 2. The molecule has 33 heavy (non-hydrogen) atoms. The molecule has 0 radical (unpaired) electrons. The maximum Gasteiger partial charge on any atom is 0.270 e. The maximum absolute atomic E-state index is 13.2. The number of hydrogen-bond acceptors (Lipinski definition) is 7. The standard InChI is InChI=1S/C23H26N4O4S2/c1-4-23(5-2)14-18(17-12-8-9-13-19(17)31-23)27-33(29,30)22-26-25-21(32-22)24-20(28)16-11-7-6-10-15(16)3/h6-13,18,27H,4-5,14H2,1-3H3,(H,24,25,28)/t18-/m1/s1. The number of fused-ring (bicyclic) bond motifs is 1. The Kier molecular flexibility index (Phi) is 6.51. The number of carbonyl (C=O) groups is 1. The summed E-state index contributed by atoms with van der Waals surface area (Å²) in [6.45, 7) is 5.90. The Morgan fingerprint density at radius 1 is 1.12 bits per heavy atom. The first kappa shape index (κ1) is 23.3. The van der Waals surface area contributed by atoms with E-state index in [1.165, 1.54) is 0 Å². The smallest absolute Gasteiger partial charge is 0.270 e. The molecule has 1 aliphatic heterocycles. The van der Waals surface area contributed by atoms with Gasteiger partial charge >= 0.3 is 0 Å². The molecule has 0 unspecified atom stereocenters. The molecule has 0 saturated carbocycles. The quantitative estimate of drug-likeness (QED) is 0.477. The summed E-state index contributed by atoms with van der Waals surface area (Å²) in [4.78, 5) is 12.5. The minimum atomic E-state index is -3.97. The van der Waals surface area contributed by atoms with Gasteiger partial charge in [-0.3, -0.25) is 10.1 Å². The summed E-state index contributed by atoms with van der Waals surface area (Å²) < 4.78 is 35.2. The van der Waals surface area contributed by atoms with E-state index in [-0.39, 0.29) is 15.4 Å². The van der Waals surface area contributed by atoms with Crippen molar-refractivity contribution in [1.82, 2.24) is 14.9 Å². The molecule has 4 rings (SSSR count). The van der Waals surface area contributed by atoms with Gasteiger partial charge in [0.1, 0.15) is 11.4 Å². The lowest BCUT2D eigenvalue weighted by atomic mass is 9.84. The lowest BCUT2D eigenvalue weighted by Gasteiger charge is -2.41. The predicted molar refractivity (Wildman–Crippen MR) is 127 cm³/mol. The summed E-state index contributed by atoms with van der Waals surface area (Å²) in [5.74, 6) is 0.318. The van der Waals surface area contributed by atoms with Crippen LogP contribution in [0.5, 0.6) is 5.75 Å². The average molecular weight is 487 g/mol. The zero-order valence-electron chi connectivity index (χ0n) is 18.7.